The summed E-state index contributed by atoms with van der Waals surface area (Å²) in [4.78, 5) is 11.8. The molecule has 44 heavy (non-hydrogen) atoms. The molecule has 2 atom stereocenters. The van der Waals surface area contributed by atoms with Crippen molar-refractivity contribution in [3.05, 3.63) is 36.5 Å². The van der Waals surface area contributed by atoms with Crippen molar-refractivity contribution >= 4 is 5.91 Å². The molecule has 0 bridgehead atoms. The highest BCUT2D eigenvalue weighted by Crippen LogP contribution is 2.15. The average molecular weight is 618 g/mol. The van der Waals surface area contributed by atoms with E-state index in [1.807, 2.05) is 13.0 Å². The molecule has 0 aliphatic carbocycles. The minimum absolute atomic E-state index is 0.115. The van der Waals surface area contributed by atoms with Crippen LogP contribution in [0.3, 0.4) is 0 Å². The van der Waals surface area contributed by atoms with E-state index in [0.717, 1.165) is 38.5 Å². The highest BCUT2D eigenvalue weighted by Gasteiger charge is 2.17. The first kappa shape index (κ1) is 42.6. The lowest BCUT2D eigenvalue weighted by Gasteiger charge is -2.19. The number of carbonyl (C=O) groups is 1. The van der Waals surface area contributed by atoms with Crippen LogP contribution in [0.5, 0.6) is 0 Å². The van der Waals surface area contributed by atoms with E-state index >= 15 is 0 Å². The van der Waals surface area contributed by atoms with Crippen molar-refractivity contribution in [2.24, 2.45) is 0 Å². The third-order valence-electron chi connectivity index (χ3n) is 8.60. The maximum atomic E-state index is 11.8. The van der Waals surface area contributed by atoms with Gasteiger partial charge in [-0.05, 0) is 44.9 Å². The standard InChI is InChI=1S/C40H75NO3/c1-3-5-7-8-9-10-11-12-13-14-15-16-17-18-19-20-21-22-23-24-25-26-27-28-29-30-31-32-33-34-35-39(43)38(37-42)41-40(44)36-6-4-2/h26-27,30-31,34-35,38-39,42-43H,3-25,28-29,32-33,36-37H2,1-2H3,(H,41,44)/b27-26+,31-30+,35-34+. The van der Waals surface area contributed by atoms with Gasteiger partial charge in [0.1, 0.15) is 0 Å². The fraction of sp³-hybridized carbons (Fsp3) is 0.825. The van der Waals surface area contributed by atoms with Crippen LogP contribution in [0.2, 0.25) is 0 Å². The zero-order valence-electron chi connectivity index (χ0n) is 29.4. The van der Waals surface area contributed by atoms with Crippen LogP contribution in [0.25, 0.3) is 0 Å². The topological polar surface area (TPSA) is 69.6 Å². The summed E-state index contributed by atoms with van der Waals surface area (Å²) in [6, 6.07) is -0.637. The van der Waals surface area contributed by atoms with Crippen molar-refractivity contribution < 1.29 is 15.0 Å². The zero-order chi connectivity index (χ0) is 32.2. The number of hydrogen-bond donors (Lipinski definition) is 3. The Morgan fingerprint density at radius 3 is 1.30 bits per heavy atom. The minimum atomic E-state index is -0.863. The Kier molecular flexibility index (Phi) is 34.9. The molecule has 0 aliphatic heterocycles. The third kappa shape index (κ3) is 32.0. The van der Waals surface area contributed by atoms with Crippen molar-refractivity contribution in [1.29, 1.82) is 0 Å². The lowest BCUT2D eigenvalue weighted by molar-refractivity contribution is -0.123. The van der Waals surface area contributed by atoms with E-state index in [0.29, 0.717) is 6.42 Å². The van der Waals surface area contributed by atoms with E-state index < -0.39 is 12.1 Å². The lowest BCUT2D eigenvalue weighted by atomic mass is 10.0. The molecule has 0 aromatic rings. The number of allylic oxidation sites excluding steroid dienone is 5. The quantitative estimate of drug-likeness (QED) is 0.0497. The van der Waals surface area contributed by atoms with Crippen LogP contribution in [0.4, 0.5) is 0 Å². The predicted molar refractivity (Wildman–Crippen MR) is 193 cm³/mol. The van der Waals surface area contributed by atoms with Gasteiger partial charge < -0.3 is 15.5 Å². The van der Waals surface area contributed by atoms with Gasteiger partial charge in [0.2, 0.25) is 5.91 Å². The molecule has 0 radical (unpaired) electrons. The molecule has 0 aliphatic rings. The number of rotatable bonds is 34. The number of unbranched alkanes of at least 4 members (excludes halogenated alkanes) is 23. The van der Waals surface area contributed by atoms with E-state index in [1.165, 1.54) is 135 Å². The number of aliphatic hydroxyl groups is 2. The number of aliphatic hydroxyl groups excluding tert-OH is 2. The Labute approximate surface area is 274 Å². The van der Waals surface area contributed by atoms with Crippen molar-refractivity contribution in [3.63, 3.8) is 0 Å². The number of amides is 1. The second-order valence-electron chi connectivity index (χ2n) is 13.0. The summed E-state index contributed by atoms with van der Waals surface area (Å²) >= 11 is 0. The second kappa shape index (κ2) is 36.1. The molecule has 0 aromatic carbocycles. The summed E-state index contributed by atoms with van der Waals surface area (Å²) in [7, 11) is 0. The normalized spacial score (nSPS) is 13.5. The molecule has 0 rings (SSSR count). The Morgan fingerprint density at radius 1 is 0.523 bits per heavy atom. The lowest BCUT2D eigenvalue weighted by Crippen LogP contribution is -2.45. The highest BCUT2D eigenvalue weighted by molar-refractivity contribution is 5.76. The van der Waals surface area contributed by atoms with Crippen LogP contribution in [-0.2, 0) is 4.79 Å². The van der Waals surface area contributed by atoms with Gasteiger partial charge in [0.05, 0.1) is 18.8 Å². The fourth-order valence-electron chi connectivity index (χ4n) is 5.60. The van der Waals surface area contributed by atoms with Crippen LogP contribution in [-0.4, -0.2) is 34.9 Å². The van der Waals surface area contributed by atoms with E-state index in [4.69, 9.17) is 0 Å². The van der Waals surface area contributed by atoms with Gasteiger partial charge in [-0.2, -0.15) is 0 Å². The number of hydrogen-bond acceptors (Lipinski definition) is 3. The maximum Gasteiger partial charge on any atom is 0.220 e. The summed E-state index contributed by atoms with van der Waals surface area (Å²) in [5.41, 5.74) is 0. The van der Waals surface area contributed by atoms with E-state index in [2.05, 4.69) is 36.5 Å². The molecule has 0 fully saturated rings. The Balaban J connectivity index is 3.42. The van der Waals surface area contributed by atoms with E-state index in [1.54, 1.807) is 6.08 Å². The maximum absolute atomic E-state index is 11.8. The van der Waals surface area contributed by atoms with Crippen molar-refractivity contribution in [2.75, 3.05) is 6.61 Å². The molecular formula is C40H75NO3. The van der Waals surface area contributed by atoms with Crippen LogP contribution in [0.1, 0.15) is 194 Å². The number of nitrogens with one attached hydrogen (secondary N) is 1. The molecule has 2 unspecified atom stereocenters. The highest BCUT2D eigenvalue weighted by atomic mass is 16.3. The first-order valence-electron chi connectivity index (χ1n) is 19.2. The molecular weight excluding hydrogens is 542 g/mol. The first-order chi connectivity index (χ1) is 21.7. The fourth-order valence-corrected chi connectivity index (χ4v) is 5.60. The van der Waals surface area contributed by atoms with Crippen molar-refractivity contribution in [1.82, 2.24) is 5.32 Å². The number of carbonyl (C=O) groups excluding carboxylic acids is 1. The van der Waals surface area contributed by atoms with Crippen LogP contribution < -0.4 is 5.32 Å². The molecule has 0 saturated carbocycles. The summed E-state index contributed by atoms with van der Waals surface area (Å²) < 4.78 is 0. The van der Waals surface area contributed by atoms with Gasteiger partial charge in [0.25, 0.3) is 0 Å². The summed E-state index contributed by atoms with van der Waals surface area (Å²) in [5, 5.41) is 22.4. The smallest absolute Gasteiger partial charge is 0.220 e. The van der Waals surface area contributed by atoms with Gasteiger partial charge >= 0.3 is 0 Å². The Morgan fingerprint density at radius 2 is 0.886 bits per heavy atom. The summed E-state index contributed by atoms with van der Waals surface area (Å²) in [6.45, 7) is 4.06. The summed E-state index contributed by atoms with van der Waals surface area (Å²) in [6.07, 6.45) is 47.8. The van der Waals surface area contributed by atoms with Crippen molar-refractivity contribution in [3.8, 4) is 0 Å². The van der Waals surface area contributed by atoms with Gasteiger partial charge in [0.15, 0.2) is 0 Å². The van der Waals surface area contributed by atoms with Gasteiger partial charge in [-0.25, -0.2) is 0 Å². The van der Waals surface area contributed by atoms with Gasteiger partial charge in [-0.15, -0.1) is 0 Å². The molecule has 4 nitrogen and oxygen atoms in total. The first-order valence-corrected chi connectivity index (χ1v) is 19.2. The molecule has 3 N–H and O–H groups in total. The monoisotopic (exact) mass is 618 g/mol. The minimum Gasteiger partial charge on any atom is -0.394 e. The van der Waals surface area contributed by atoms with Gasteiger partial charge in [-0.1, -0.05) is 179 Å². The van der Waals surface area contributed by atoms with Gasteiger partial charge in [-0.3, -0.25) is 4.79 Å². The molecule has 0 heterocycles. The third-order valence-corrected chi connectivity index (χ3v) is 8.60. The molecule has 0 spiro atoms. The predicted octanol–water partition coefficient (Wildman–Crippen LogP) is 11.5. The Bertz CT molecular complexity index is 672. The summed E-state index contributed by atoms with van der Waals surface area (Å²) in [5.74, 6) is -0.115. The molecule has 0 saturated heterocycles. The Hall–Kier alpha value is -1.39. The second-order valence-corrected chi connectivity index (χ2v) is 13.0. The van der Waals surface area contributed by atoms with Crippen LogP contribution in [0, 0.1) is 0 Å². The average Bonchev–Trinajstić information content (AvgIpc) is 3.03. The SMILES string of the molecule is CCCCCCCCCCCCCCCCCCCCCC/C=C/CC/C=C/CC/C=C/C(O)C(CO)NC(=O)CCCC. The largest absolute Gasteiger partial charge is 0.394 e. The van der Waals surface area contributed by atoms with E-state index in [-0.39, 0.29) is 12.5 Å². The van der Waals surface area contributed by atoms with Crippen LogP contribution in [0.15, 0.2) is 36.5 Å². The molecule has 1 amide bonds. The molecule has 258 valence electrons. The van der Waals surface area contributed by atoms with Gasteiger partial charge in [0, 0.05) is 6.42 Å². The van der Waals surface area contributed by atoms with E-state index in [9.17, 15) is 15.0 Å². The van der Waals surface area contributed by atoms with Crippen LogP contribution >= 0.6 is 0 Å². The van der Waals surface area contributed by atoms with Crippen molar-refractivity contribution in [2.45, 2.75) is 206 Å². The zero-order valence-corrected chi connectivity index (χ0v) is 29.4. The molecule has 4 heteroatoms. The molecule has 0 aromatic heterocycles.